The van der Waals surface area contributed by atoms with E-state index in [-0.39, 0.29) is 10.5 Å². The van der Waals surface area contributed by atoms with Crippen molar-refractivity contribution in [2.75, 3.05) is 0 Å². The third-order valence-electron chi connectivity index (χ3n) is 2.04. The van der Waals surface area contributed by atoms with Gasteiger partial charge in [-0.1, -0.05) is 0 Å². The number of halogens is 2. The van der Waals surface area contributed by atoms with Crippen molar-refractivity contribution in [3.05, 3.63) is 36.0 Å². The number of rotatable bonds is 2. The Bertz CT molecular complexity index is 649. The normalized spacial score (nSPS) is 11.7. The first kappa shape index (κ1) is 11.7. The molecule has 0 aliphatic carbocycles. The van der Waals surface area contributed by atoms with E-state index in [2.05, 4.69) is 9.68 Å². The van der Waals surface area contributed by atoms with Crippen LogP contribution in [0.15, 0.2) is 33.7 Å². The first-order valence-corrected chi connectivity index (χ1v) is 5.88. The zero-order valence-corrected chi connectivity index (χ0v) is 9.04. The SMILES string of the molecule is NS(=O)(=O)c1ccc(-c2onc(F)c2F)cc1. The molecule has 17 heavy (non-hydrogen) atoms. The zero-order valence-electron chi connectivity index (χ0n) is 8.22. The Balaban J connectivity index is 2.46. The van der Waals surface area contributed by atoms with Gasteiger partial charge >= 0.3 is 0 Å². The van der Waals surface area contributed by atoms with Gasteiger partial charge in [0.2, 0.25) is 21.6 Å². The molecule has 0 radical (unpaired) electrons. The van der Waals surface area contributed by atoms with Gasteiger partial charge in [-0.05, 0) is 29.4 Å². The van der Waals surface area contributed by atoms with Crippen molar-refractivity contribution >= 4 is 10.0 Å². The van der Waals surface area contributed by atoms with Crippen molar-refractivity contribution < 1.29 is 21.7 Å². The van der Waals surface area contributed by atoms with E-state index in [4.69, 9.17) is 5.14 Å². The van der Waals surface area contributed by atoms with Gasteiger partial charge in [0.1, 0.15) is 0 Å². The Hall–Kier alpha value is -1.80. The van der Waals surface area contributed by atoms with E-state index in [1.54, 1.807) is 0 Å². The molecule has 0 unspecified atom stereocenters. The second kappa shape index (κ2) is 3.90. The summed E-state index contributed by atoms with van der Waals surface area (Å²) in [6.07, 6.45) is 0. The zero-order chi connectivity index (χ0) is 12.6. The van der Waals surface area contributed by atoms with Gasteiger partial charge in [-0.15, -0.1) is 0 Å². The summed E-state index contributed by atoms with van der Waals surface area (Å²) in [6.45, 7) is 0. The molecule has 2 rings (SSSR count). The molecule has 0 aliphatic heterocycles. The van der Waals surface area contributed by atoms with E-state index in [1.165, 1.54) is 12.1 Å². The molecule has 1 aromatic heterocycles. The minimum Gasteiger partial charge on any atom is -0.350 e. The van der Waals surface area contributed by atoms with E-state index in [1.807, 2.05) is 0 Å². The van der Waals surface area contributed by atoms with Gasteiger partial charge < -0.3 is 4.52 Å². The van der Waals surface area contributed by atoms with Crippen LogP contribution in [0.25, 0.3) is 11.3 Å². The second-order valence-corrected chi connectivity index (χ2v) is 4.75. The lowest BCUT2D eigenvalue weighted by Crippen LogP contribution is -2.11. The van der Waals surface area contributed by atoms with Gasteiger partial charge in [0.25, 0.3) is 5.95 Å². The maximum Gasteiger partial charge on any atom is 0.289 e. The van der Waals surface area contributed by atoms with Gasteiger partial charge in [0.05, 0.1) is 4.90 Å². The van der Waals surface area contributed by atoms with Crippen LogP contribution in [-0.4, -0.2) is 13.6 Å². The summed E-state index contributed by atoms with van der Waals surface area (Å²) in [6, 6.07) is 4.79. The summed E-state index contributed by atoms with van der Waals surface area (Å²) < 4.78 is 52.1. The Kier molecular flexibility index (Phi) is 2.68. The van der Waals surface area contributed by atoms with E-state index in [9.17, 15) is 17.2 Å². The minimum atomic E-state index is -3.82. The highest BCUT2D eigenvalue weighted by molar-refractivity contribution is 7.89. The largest absolute Gasteiger partial charge is 0.350 e. The average molecular weight is 260 g/mol. The van der Waals surface area contributed by atoms with Gasteiger partial charge in [-0.3, -0.25) is 0 Å². The standard InChI is InChI=1S/C9H6F2N2O3S/c10-7-8(16-13-9(7)11)5-1-3-6(4-2-5)17(12,14)15/h1-4H,(H2,12,14,15). The van der Waals surface area contributed by atoms with Crippen LogP contribution in [0.1, 0.15) is 0 Å². The summed E-state index contributed by atoms with van der Waals surface area (Å²) in [5, 5.41) is 7.69. The van der Waals surface area contributed by atoms with Crippen LogP contribution in [0.2, 0.25) is 0 Å². The van der Waals surface area contributed by atoms with E-state index in [0.717, 1.165) is 12.1 Å². The number of hydrogen-bond acceptors (Lipinski definition) is 4. The van der Waals surface area contributed by atoms with Crippen LogP contribution < -0.4 is 5.14 Å². The summed E-state index contributed by atoms with van der Waals surface area (Å²) >= 11 is 0. The minimum absolute atomic E-state index is 0.137. The van der Waals surface area contributed by atoms with Gasteiger partial charge in [-0.2, -0.15) is 8.78 Å². The molecule has 90 valence electrons. The quantitative estimate of drug-likeness (QED) is 0.880. The third-order valence-corrected chi connectivity index (χ3v) is 2.97. The van der Waals surface area contributed by atoms with Crippen LogP contribution in [0.3, 0.4) is 0 Å². The second-order valence-electron chi connectivity index (χ2n) is 3.19. The van der Waals surface area contributed by atoms with Crippen LogP contribution >= 0.6 is 0 Å². The summed E-state index contributed by atoms with van der Waals surface area (Å²) in [5.41, 5.74) is 0.159. The maximum absolute atomic E-state index is 13.1. The Labute approximate surface area is 94.9 Å². The molecule has 0 fully saturated rings. The molecule has 0 saturated heterocycles. The van der Waals surface area contributed by atoms with Gasteiger partial charge in [0.15, 0.2) is 0 Å². The van der Waals surface area contributed by atoms with Crippen molar-refractivity contribution in [1.29, 1.82) is 0 Å². The van der Waals surface area contributed by atoms with Crippen LogP contribution in [0.5, 0.6) is 0 Å². The highest BCUT2D eigenvalue weighted by atomic mass is 32.2. The number of hydrogen-bond donors (Lipinski definition) is 1. The lowest BCUT2D eigenvalue weighted by Gasteiger charge is -1.99. The van der Waals surface area contributed by atoms with Crippen LogP contribution in [0, 0.1) is 11.8 Å². The Morgan fingerprint density at radius 3 is 2.18 bits per heavy atom. The molecule has 0 aliphatic rings. The molecular formula is C9H6F2N2O3S. The molecule has 0 spiro atoms. The number of aromatic nitrogens is 1. The van der Waals surface area contributed by atoms with Crippen molar-refractivity contribution in [2.24, 2.45) is 5.14 Å². The first-order chi connectivity index (χ1) is 7.89. The predicted octanol–water partition coefficient (Wildman–Crippen LogP) is 1.27. The summed E-state index contributed by atoms with van der Waals surface area (Å²) in [5.74, 6) is -2.98. The summed E-state index contributed by atoms with van der Waals surface area (Å²) in [4.78, 5) is -0.137. The van der Waals surface area contributed by atoms with E-state index < -0.39 is 27.5 Å². The third kappa shape index (κ3) is 2.17. The molecule has 0 atom stereocenters. The van der Waals surface area contributed by atoms with Crippen molar-refractivity contribution in [2.45, 2.75) is 4.90 Å². The summed E-state index contributed by atoms with van der Waals surface area (Å²) in [7, 11) is -3.82. The number of nitrogens with zero attached hydrogens (tertiary/aromatic N) is 1. The topological polar surface area (TPSA) is 86.2 Å². The van der Waals surface area contributed by atoms with Crippen LogP contribution in [-0.2, 0) is 10.0 Å². The Morgan fingerprint density at radius 1 is 1.18 bits per heavy atom. The fourth-order valence-electron chi connectivity index (χ4n) is 1.23. The van der Waals surface area contributed by atoms with E-state index in [0.29, 0.717) is 0 Å². The molecule has 0 bridgehead atoms. The lowest BCUT2D eigenvalue weighted by molar-refractivity contribution is 0.382. The number of primary sulfonamides is 1. The number of sulfonamides is 1. The molecule has 2 aromatic rings. The van der Waals surface area contributed by atoms with Gasteiger partial charge in [0, 0.05) is 5.56 Å². The fraction of sp³-hybridized carbons (Fsp3) is 0. The lowest BCUT2D eigenvalue weighted by atomic mass is 10.2. The fourth-order valence-corrected chi connectivity index (χ4v) is 1.75. The predicted molar refractivity (Wildman–Crippen MR) is 53.2 cm³/mol. The van der Waals surface area contributed by atoms with Crippen molar-refractivity contribution in [3.8, 4) is 11.3 Å². The molecule has 1 heterocycles. The monoisotopic (exact) mass is 260 g/mol. The van der Waals surface area contributed by atoms with Crippen LogP contribution in [0.4, 0.5) is 8.78 Å². The molecule has 0 saturated carbocycles. The molecule has 2 N–H and O–H groups in total. The molecule has 5 nitrogen and oxygen atoms in total. The maximum atomic E-state index is 13.1. The smallest absolute Gasteiger partial charge is 0.289 e. The van der Waals surface area contributed by atoms with Gasteiger partial charge in [-0.25, -0.2) is 13.6 Å². The first-order valence-electron chi connectivity index (χ1n) is 4.33. The highest BCUT2D eigenvalue weighted by Gasteiger charge is 2.18. The molecular weight excluding hydrogens is 254 g/mol. The highest BCUT2D eigenvalue weighted by Crippen LogP contribution is 2.25. The average Bonchev–Trinajstić information content (AvgIpc) is 2.59. The van der Waals surface area contributed by atoms with Crippen molar-refractivity contribution in [1.82, 2.24) is 5.16 Å². The molecule has 0 amide bonds. The van der Waals surface area contributed by atoms with Crippen molar-refractivity contribution in [3.63, 3.8) is 0 Å². The molecule has 8 heteroatoms. The van der Waals surface area contributed by atoms with E-state index >= 15 is 0 Å². The number of benzene rings is 1. The Morgan fingerprint density at radius 2 is 1.76 bits per heavy atom. The number of nitrogens with two attached hydrogens (primary N) is 1. The molecule has 1 aromatic carbocycles.